The molecule has 0 fully saturated rings. The van der Waals surface area contributed by atoms with E-state index in [-0.39, 0.29) is 12.4 Å². The van der Waals surface area contributed by atoms with E-state index in [2.05, 4.69) is 13.8 Å². The summed E-state index contributed by atoms with van der Waals surface area (Å²) in [5.74, 6) is 0.856. The molecule has 1 heterocycles. The van der Waals surface area contributed by atoms with Gasteiger partial charge < -0.3 is 19.4 Å². The number of aliphatic hydroxyl groups excluding tert-OH is 1. The van der Waals surface area contributed by atoms with E-state index in [1.165, 1.54) is 0 Å². The van der Waals surface area contributed by atoms with Gasteiger partial charge in [-0.3, -0.25) is 0 Å². The van der Waals surface area contributed by atoms with E-state index in [0.717, 1.165) is 12.8 Å². The van der Waals surface area contributed by atoms with Crippen molar-refractivity contribution in [3.63, 3.8) is 0 Å². The minimum Gasteiger partial charge on any atom is -0.507 e. The van der Waals surface area contributed by atoms with Gasteiger partial charge in [0.25, 0.3) is 0 Å². The van der Waals surface area contributed by atoms with Gasteiger partial charge >= 0.3 is 5.63 Å². The summed E-state index contributed by atoms with van der Waals surface area (Å²) in [5, 5.41) is 19.7. The maximum atomic E-state index is 12.2. The minimum atomic E-state index is -0.495. The normalized spacial score (nSPS) is 12.5. The Kier molecular flexibility index (Phi) is 6.04. The van der Waals surface area contributed by atoms with Crippen LogP contribution in [0.25, 0.3) is 11.0 Å². The molecule has 0 aliphatic heterocycles. The van der Waals surface area contributed by atoms with E-state index >= 15 is 0 Å². The average molecular weight is 320 g/mol. The summed E-state index contributed by atoms with van der Waals surface area (Å²) in [6.45, 7) is 4.59. The van der Waals surface area contributed by atoms with E-state index in [4.69, 9.17) is 14.3 Å². The van der Waals surface area contributed by atoms with Gasteiger partial charge in [0, 0.05) is 19.1 Å². The molecule has 0 radical (unpaired) electrons. The maximum absolute atomic E-state index is 12.2. The van der Waals surface area contributed by atoms with Crippen molar-refractivity contribution in [3.05, 3.63) is 34.2 Å². The second kappa shape index (κ2) is 8.02. The highest BCUT2D eigenvalue weighted by Crippen LogP contribution is 2.30. The fraction of sp³-hybridized carbons (Fsp3) is 0.500. The summed E-state index contributed by atoms with van der Waals surface area (Å²) in [6.07, 6.45) is 3.07. The fourth-order valence-electron chi connectivity index (χ4n) is 2.67. The zero-order chi connectivity index (χ0) is 16.8. The first-order valence-electron chi connectivity index (χ1n) is 8.09. The standard InChI is InChI=1S/C18H24O5/c1-3-5-12(2)10-15-17(20)14-7-6-13(22-9-4-8-19)11-16(14)23-18(15)21/h6-7,11-12,19-20H,3-5,8-10H2,1-2H3. The lowest BCUT2D eigenvalue weighted by Crippen LogP contribution is -2.12. The van der Waals surface area contributed by atoms with Gasteiger partial charge in [0.15, 0.2) is 0 Å². The number of fused-ring (bicyclic) bond motifs is 1. The lowest BCUT2D eigenvalue weighted by molar-refractivity contribution is 0.233. The van der Waals surface area contributed by atoms with Crippen molar-refractivity contribution < 1.29 is 19.4 Å². The van der Waals surface area contributed by atoms with Crippen LogP contribution in [0.1, 0.15) is 38.7 Å². The molecule has 5 nitrogen and oxygen atoms in total. The minimum absolute atomic E-state index is 0.00103. The van der Waals surface area contributed by atoms with Crippen molar-refractivity contribution in [1.29, 1.82) is 0 Å². The third kappa shape index (κ3) is 4.26. The predicted octanol–water partition coefficient (Wildman–Crippen LogP) is 3.24. The van der Waals surface area contributed by atoms with Crippen molar-refractivity contribution >= 4 is 11.0 Å². The van der Waals surface area contributed by atoms with Crippen LogP contribution in [-0.4, -0.2) is 23.4 Å². The quantitative estimate of drug-likeness (QED) is 0.576. The van der Waals surface area contributed by atoms with Crippen LogP contribution in [-0.2, 0) is 6.42 Å². The summed E-state index contributed by atoms with van der Waals surface area (Å²) in [4.78, 5) is 12.2. The molecule has 0 spiro atoms. The Bertz CT molecular complexity index is 704. The number of hydrogen-bond acceptors (Lipinski definition) is 5. The Morgan fingerprint density at radius 3 is 2.83 bits per heavy atom. The van der Waals surface area contributed by atoms with Crippen molar-refractivity contribution in [2.75, 3.05) is 13.2 Å². The van der Waals surface area contributed by atoms with Gasteiger partial charge in [-0.15, -0.1) is 0 Å². The van der Waals surface area contributed by atoms with E-state index in [1.807, 2.05) is 0 Å². The molecule has 2 aromatic rings. The average Bonchev–Trinajstić information content (AvgIpc) is 2.52. The molecular formula is C18H24O5. The molecule has 0 saturated heterocycles. The van der Waals surface area contributed by atoms with E-state index in [9.17, 15) is 9.90 Å². The molecule has 23 heavy (non-hydrogen) atoms. The molecule has 0 aliphatic carbocycles. The van der Waals surface area contributed by atoms with E-state index in [1.54, 1.807) is 18.2 Å². The molecule has 0 bridgehead atoms. The topological polar surface area (TPSA) is 79.9 Å². The zero-order valence-electron chi connectivity index (χ0n) is 13.7. The number of benzene rings is 1. The highest BCUT2D eigenvalue weighted by atomic mass is 16.5. The SMILES string of the molecule is CCCC(C)Cc1c(O)c2ccc(OCCCO)cc2oc1=O. The lowest BCUT2D eigenvalue weighted by Gasteiger charge is -2.12. The Morgan fingerprint density at radius 2 is 2.13 bits per heavy atom. The van der Waals surface area contributed by atoms with Crippen LogP contribution in [0.15, 0.2) is 27.4 Å². The Labute approximate surface area is 135 Å². The fourth-order valence-corrected chi connectivity index (χ4v) is 2.67. The molecule has 0 aliphatic rings. The smallest absolute Gasteiger partial charge is 0.343 e. The maximum Gasteiger partial charge on any atom is 0.343 e. The van der Waals surface area contributed by atoms with Crippen molar-refractivity contribution in [1.82, 2.24) is 0 Å². The Balaban J connectivity index is 2.31. The predicted molar refractivity (Wildman–Crippen MR) is 89.1 cm³/mol. The highest BCUT2D eigenvalue weighted by molar-refractivity contribution is 5.85. The molecule has 1 unspecified atom stereocenters. The molecular weight excluding hydrogens is 296 g/mol. The number of ether oxygens (including phenoxy) is 1. The monoisotopic (exact) mass is 320 g/mol. The first-order chi connectivity index (χ1) is 11.1. The van der Waals surface area contributed by atoms with Crippen molar-refractivity contribution in [2.45, 2.75) is 39.5 Å². The summed E-state index contributed by atoms with van der Waals surface area (Å²) in [7, 11) is 0. The van der Waals surface area contributed by atoms with Gasteiger partial charge in [-0.05, 0) is 24.5 Å². The molecule has 2 rings (SSSR count). The highest BCUT2D eigenvalue weighted by Gasteiger charge is 2.16. The van der Waals surface area contributed by atoms with Crippen LogP contribution >= 0.6 is 0 Å². The summed E-state index contributed by atoms with van der Waals surface area (Å²) >= 11 is 0. The third-order valence-corrected chi connectivity index (χ3v) is 3.85. The molecule has 0 saturated carbocycles. The Hall–Kier alpha value is -2.01. The van der Waals surface area contributed by atoms with Crippen LogP contribution in [0.5, 0.6) is 11.5 Å². The molecule has 0 amide bonds. The molecule has 1 atom stereocenters. The molecule has 126 valence electrons. The van der Waals surface area contributed by atoms with Crippen molar-refractivity contribution in [3.8, 4) is 11.5 Å². The zero-order valence-corrected chi connectivity index (χ0v) is 13.7. The van der Waals surface area contributed by atoms with Gasteiger partial charge in [0.2, 0.25) is 0 Å². The van der Waals surface area contributed by atoms with Crippen LogP contribution in [0.3, 0.4) is 0 Å². The van der Waals surface area contributed by atoms with Gasteiger partial charge in [-0.2, -0.15) is 0 Å². The van der Waals surface area contributed by atoms with Crippen molar-refractivity contribution in [2.24, 2.45) is 5.92 Å². The first-order valence-corrected chi connectivity index (χ1v) is 8.09. The lowest BCUT2D eigenvalue weighted by atomic mass is 9.96. The van der Waals surface area contributed by atoms with Crippen LogP contribution in [0, 0.1) is 5.92 Å². The van der Waals surface area contributed by atoms with E-state index in [0.29, 0.717) is 47.6 Å². The second-order valence-electron chi connectivity index (χ2n) is 5.90. The third-order valence-electron chi connectivity index (χ3n) is 3.85. The number of hydrogen-bond donors (Lipinski definition) is 2. The molecule has 5 heteroatoms. The van der Waals surface area contributed by atoms with Gasteiger partial charge in [-0.25, -0.2) is 4.79 Å². The van der Waals surface area contributed by atoms with Crippen LogP contribution < -0.4 is 10.4 Å². The molecule has 1 aromatic heterocycles. The van der Waals surface area contributed by atoms with E-state index < -0.39 is 5.63 Å². The van der Waals surface area contributed by atoms with Crippen LogP contribution in [0.4, 0.5) is 0 Å². The number of rotatable bonds is 8. The first kappa shape index (κ1) is 17.3. The second-order valence-corrected chi connectivity index (χ2v) is 5.90. The number of aliphatic hydroxyl groups is 1. The largest absolute Gasteiger partial charge is 0.507 e. The number of aromatic hydroxyl groups is 1. The molecule has 2 N–H and O–H groups in total. The summed E-state index contributed by atoms with van der Waals surface area (Å²) in [5.41, 5.74) is 0.152. The van der Waals surface area contributed by atoms with Crippen LogP contribution in [0.2, 0.25) is 0 Å². The Morgan fingerprint density at radius 1 is 1.35 bits per heavy atom. The summed E-state index contributed by atoms with van der Waals surface area (Å²) < 4.78 is 10.8. The molecule has 1 aromatic carbocycles. The van der Waals surface area contributed by atoms with Gasteiger partial charge in [0.05, 0.1) is 17.6 Å². The van der Waals surface area contributed by atoms with Gasteiger partial charge in [0.1, 0.15) is 17.1 Å². The summed E-state index contributed by atoms with van der Waals surface area (Å²) in [6, 6.07) is 5.00. The van der Waals surface area contributed by atoms with Gasteiger partial charge in [-0.1, -0.05) is 26.7 Å².